The number of hydrogen-bond acceptors (Lipinski definition) is 2. The summed E-state index contributed by atoms with van der Waals surface area (Å²) in [6.45, 7) is 0.681. The van der Waals surface area contributed by atoms with Gasteiger partial charge in [0.25, 0.3) is 0 Å². The molecule has 0 atom stereocenters. The molecule has 1 fully saturated rings. The van der Waals surface area contributed by atoms with Gasteiger partial charge < -0.3 is 10.6 Å². The summed E-state index contributed by atoms with van der Waals surface area (Å²) in [6, 6.07) is 4.98. The Hall–Kier alpha value is -1.42. The Morgan fingerprint density at radius 1 is 1.26 bits per heavy atom. The Morgan fingerprint density at radius 2 is 2.00 bits per heavy atom. The predicted octanol–water partition coefficient (Wildman–Crippen LogP) is 2.23. The largest absolute Gasteiger partial charge is 0.328 e. The molecule has 1 heterocycles. The van der Waals surface area contributed by atoms with E-state index in [-0.39, 0.29) is 23.7 Å². The van der Waals surface area contributed by atoms with E-state index in [0.29, 0.717) is 6.54 Å². The molecule has 0 unspecified atom stereocenters. The van der Waals surface area contributed by atoms with Crippen molar-refractivity contribution in [2.75, 3.05) is 11.4 Å². The second kappa shape index (κ2) is 4.93. The summed E-state index contributed by atoms with van der Waals surface area (Å²) in [7, 11) is 0. The lowest BCUT2D eigenvalue weighted by atomic mass is 9.85. The van der Waals surface area contributed by atoms with Crippen molar-refractivity contribution in [3.63, 3.8) is 0 Å². The van der Waals surface area contributed by atoms with Gasteiger partial charge in [-0.15, -0.1) is 0 Å². The molecule has 0 bridgehead atoms. The van der Waals surface area contributed by atoms with Crippen molar-refractivity contribution in [1.82, 2.24) is 0 Å². The lowest BCUT2D eigenvalue weighted by Gasteiger charge is -2.29. The number of amides is 1. The van der Waals surface area contributed by atoms with Gasteiger partial charge in [0, 0.05) is 24.2 Å². The van der Waals surface area contributed by atoms with Crippen LogP contribution in [0.15, 0.2) is 18.2 Å². The number of halogens is 1. The van der Waals surface area contributed by atoms with Gasteiger partial charge in [-0.1, -0.05) is 6.07 Å². The summed E-state index contributed by atoms with van der Waals surface area (Å²) in [6.07, 6.45) is 4.39. The summed E-state index contributed by atoms with van der Waals surface area (Å²) >= 11 is 0. The molecule has 1 amide bonds. The molecular formula is C15H19FN2O. The minimum absolute atomic E-state index is 0.0639. The van der Waals surface area contributed by atoms with Crippen molar-refractivity contribution in [3.8, 4) is 0 Å². The van der Waals surface area contributed by atoms with Crippen LogP contribution in [0.3, 0.4) is 0 Å². The molecule has 1 aliphatic carbocycles. The van der Waals surface area contributed by atoms with Crippen molar-refractivity contribution in [1.29, 1.82) is 0 Å². The average molecular weight is 262 g/mol. The van der Waals surface area contributed by atoms with Crippen LogP contribution in [0.1, 0.15) is 31.2 Å². The minimum Gasteiger partial charge on any atom is -0.328 e. The van der Waals surface area contributed by atoms with E-state index in [1.165, 1.54) is 12.1 Å². The molecule has 1 aliphatic heterocycles. The Balaban J connectivity index is 1.78. The SMILES string of the molecule is NC1CCC(C(=O)N2CCc3ccc(F)cc32)CC1. The van der Waals surface area contributed by atoms with Crippen LogP contribution in [-0.4, -0.2) is 18.5 Å². The predicted molar refractivity (Wildman–Crippen MR) is 72.4 cm³/mol. The lowest BCUT2D eigenvalue weighted by molar-refractivity contribution is -0.123. The first-order valence-corrected chi connectivity index (χ1v) is 7.00. The molecule has 2 aliphatic rings. The number of rotatable bonds is 1. The molecule has 0 aromatic heterocycles. The standard InChI is InChI=1S/C15H19FN2O/c16-12-4-1-10-7-8-18(14(10)9-12)15(19)11-2-5-13(17)6-3-11/h1,4,9,11,13H,2-3,5-8,17H2. The van der Waals surface area contributed by atoms with Crippen LogP contribution in [0.4, 0.5) is 10.1 Å². The average Bonchev–Trinajstić information content (AvgIpc) is 2.81. The zero-order valence-electron chi connectivity index (χ0n) is 10.9. The van der Waals surface area contributed by atoms with Crippen LogP contribution in [-0.2, 0) is 11.2 Å². The maximum Gasteiger partial charge on any atom is 0.230 e. The van der Waals surface area contributed by atoms with Crippen molar-refractivity contribution in [3.05, 3.63) is 29.6 Å². The summed E-state index contributed by atoms with van der Waals surface area (Å²) in [5.74, 6) is -0.0608. The summed E-state index contributed by atoms with van der Waals surface area (Å²) in [5.41, 5.74) is 7.71. The van der Waals surface area contributed by atoms with Crippen LogP contribution in [0.5, 0.6) is 0 Å². The molecule has 3 rings (SSSR count). The maximum absolute atomic E-state index is 13.3. The molecule has 19 heavy (non-hydrogen) atoms. The molecule has 0 saturated heterocycles. The molecule has 3 nitrogen and oxygen atoms in total. The topological polar surface area (TPSA) is 46.3 Å². The fraction of sp³-hybridized carbons (Fsp3) is 0.533. The number of hydrogen-bond donors (Lipinski definition) is 1. The third-order valence-electron chi connectivity index (χ3n) is 4.33. The molecule has 4 heteroatoms. The van der Waals surface area contributed by atoms with E-state index in [9.17, 15) is 9.18 Å². The number of fused-ring (bicyclic) bond motifs is 1. The third kappa shape index (κ3) is 2.37. The smallest absolute Gasteiger partial charge is 0.230 e. The van der Waals surface area contributed by atoms with Gasteiger partial charge in [0.2, 0.25) is 5.91 Å². The number of carbonyl (C=O) groups is 1. The van der Waals surface area contributed by atoms with E-state index in [4.69, 9.17) is 5.73 Å². The lowest BCUT2D eigenvalue weighted by Crippen LogP contribution is -2.38. The van der Waals surface area contributed by atoms with Crippen molar-refractivity contribution in [2.24, 2.45) is 11.7 Å². The number of nitrogens with two attached hydrogens (primary N) is 1. The highest BCUT2D eigenvalue weighted by molar-refractivity contribution is 5.97. The van der Waals surface area contributed by atoms with Crippen molar-refractivity contribution >= 4 is 11.6 Å². The van der Waals surface area contributed by atoms with Crippen LogP contribution in [0.25, 0.3) is 0 Å². The Morgan fingerprint density at radius 3 is 2.74 bits per heavy atom. The van der Waals surface area contributed by atoms with Gasteiger partial charge in [-0.25, -0.2) is 4.39 Å². The summed E-state index contributed by atoms with van der Waals surface area (Å²) in [5, 5.41) is 0. The molecule has 0 spiro atoms. The Kier molecular flexibility index (Phi) is 3.27. The first-order chi connectivity index (χ1) is 9.15. The van der Waals surface area contributed by atoms with E-state index in [0.717, 1.165) is 43.4 Å². The van der Waals surface area contributed by atoms with E-state index in [2.05, 4.69) is 0 Å². The van der Waals surface area contributed by atoms with Gasteiger partial charge in [0.1, 0.15) is 5.82 Å². The van der Waals surface area contributed by atoms with Gasteiger partial charge in [-0.05, 0) is 49.8 Å². The normalized spacial score (nSPS) is 26.3. The fourth-order valence-electron chi connectivity index (χ4n) is 3.17. The minimum atomic E-state index is -0.274. The molecule has 1 aromatic carbocycles. The van der Waals surface area contributed by atoms with Gasteiger partial charge >= 0.3 is 0 Å². The highest BCUT2D eigenvalue weighted by atomic mass is 19.1. The molecule has 0 radical (unpaired) electrons. The van der Waals surface area contributed by atoms with Crippen LogP contribution < -0.4 is 10.6 Å². The maximum atomic E-state index is 13.3. The monoisotopic (exact) mass is 262 g/mol. The quantitative estimate of drug-likeness (QED) is 0.843. The van der Waals surface area contributed by atoms with Crippen molar-refractivity contribution < 1.29 is 9.18 Å². The molecule has 102 valence electrons. The van der Waals surface area contributed by atoms with Crippen molar-refractivity contribution in [2.45, 2.75) is 38.1 Å². The first kappa shape index (κ1) is 12.6. The third-order valence-corrected chi connectivity index (χ3v) is 4.33. The molecule has 1 saturated carbocycles. The Bertz CT molecular complexity index is 495. The fourth-order valence-corrected chi connectivity index (χ4v) is 3.17. The number of benzene rings is 1. The second-order valence-corrected chi connectivity index (χ2v) is 5.62. The summed E-state index contributed by atoms with van der Waals surface area (Å²) in [4.78, 5) is 14.3. The number of carbonyl (C=O) groups excluding carboxylic acids is 1. The van der Waals surface area contributed by atoms with E-state index in [1.54, 1.807) is 11.0 Å². The first-order valence-electron chi connectivity index (χ1n) is 7.00. The highest BCUT2D eigenvalue weighted by Crippen LogP contribution is 2.33. The van der Waals surface area contributed by atoms with Crippen LogP contribution in [0.2, 0.25) is 0 Å². The molecule has 2 N–H and O–H groups in total. The van der Waals surface area contributed by atoms with Gasteiger partial charge in [-0.2, -0.15) is 0 Å². The Labute approximate surface area is 112 Å². The van der Waals surface area contributed by atoms with Crippen LogP contribution >= 0.6 is 0 Å². The summed E-state index contributed by atoms with van der Waals surface area (Å²) < 4.78 is 13.3. The molecule has 1 aromatic rings. The van der Waals surface area contributed by atoms with E-state index >= 15 is 0 Å². The zero-order chi connectivity index (χ0) is 13.4. The van der Waals surface area contributed by atoms with E-state index < -0.39 is 0 Å². The zero-order valence-corrected chi connectivity index (χ0v) is 10.9. The highest BCUT2D eigenvalue weighted by Gasteiger charge is 2.32. The van der Waals surface area contributed by atoms with E-state index in [1.807, 2.05) is 0 Å². The number of nitrogens with zero attached hydrogens (tertiary/aromatic N) is 1. The second-order valence-electron chi connectivity index (χ2n) is 5.62. The van der Waals surface area contributed by atoms with Gasteiger partial charge in [0.15, 0.2) is 0 Å². The van der Waals surface area contributed by atoms with Gasteiger partial charge in [-0.3, -0.25) is 4.79 Å². The van der Waals surface area contributed by atoms with Crippen LogP contribution in [0, 0.1) is 11.7 Å². The number of anilines is 1. The molecular weight excluding hydrogens is 243 g/mol. The van der Waals surface area contributed by atoms with Gasteiger partial charge in [0.05, 0.1) is 0 Å².